The first-order valence-corrected chi connectivity index (χ1v) is 8.99. The number of nitrogens with one attached hydrogen (secondary N) is 3. The fraction of sp³-hybridized carbons (Fsp3) is 0.0455. The number of aromatic nitrogens is 1. The lowest BCUT2D eigenvalue weighted by Crippen LogP contribution is -2.24. The molecule has 7 nitrogen and oxygen atoms in total. The highest BCUT2D eigenvalue weighted by Gasteiger charge is 2.14. The first-order valence-electron chi connectivity index (χ1n) is 8.99. The number of urea groups is 1. The van der Waals surface area contributed by atoms with E-state index in [1.165, 1.54) is 7.05 Å². The van der Waals surface area contributed by atoms with Crippen LogP contribution in [0.15, 0.2) is 77.3 Å². The van der Waals surface area contributed by atoms with Gasteiger partial charge in [-0.25, -0.2) is 4.79 Å². The van der Waals surface area contributed by atoms with Gasteiger partial charge in [-0.1, -0.05) is 41.6 Å². The monoisotopic (exact) mass is 386 g/mol. The van der Waals surface area contributed by atoms with Gasteiger partial charge in [0.15, 0.2) is 5.76 Å². The van der Waals surface area contributed by atoms with Crippen LogP contribution in [-0.4, -0.2) is 24.1 Å². The molecule has 0 bridgehead atoms. The van der Waals surface area contributed by atoms with Gasteiger partial charge in [0.05, 0.1) is 5.39 Å². The molecule has 0 saturated carbocycles. The lowest BCUT2D eigenvalue weighted by Gasteiger charge is -2.09. The van der Waals surface area contributed by atoms with Crippen LogP contribution in [0.2, 0.25) is 0 Å². The van der Waals surface area contributed by atoms with Crippen molar-refractivity contribution in [2.75, 3.05) is 17.7 Å². The first-order chi connectivity index (χ1) is 14.1. The Kier molecular flexibility index (Phi) is 4.94. The van der Waals surface area contributed by atoms with E-state index in [0.717, 1.165) is 10.9 Å². The molecule has 1 aromatic heterocycles. The van der Waals surface area contributed by atoms with Crippen molar-refractivity contribution in [3.63, 3.8) is 0 Å². The van der Waals surface area contributed by atoms with Crippen LogP contribution < -0.4 is 16.0 Å². The number of carbonyl (C=O) groups excluding carboxylic acids is 2. The van der Waals surface area contributed by atoms with E-state index in [0.29, 0.717) is 28.2 Å². The van der Waals surface area contributed by atoms with Gasteiger partial charge < -0.3 is 20.5 Å². The number of hydrogen-bond acceptors (Lipinski definition) is 4. The molecular formula is C22H18N4O3. The Labute approximate surface area is 166 Å². The van der Waals surface area contributed by atoms with Crippen LogP contribution >= 0.6 is 0 Å². The maximum Gasteiger partial charge on any atom is 0.318 e. The summed E-state index contributed by atoms with van der Waals surface area (Å²) in [5.41, 5.74) is 3.18. The van der Waals surface area contributed by atoms with Gasteiger partial charge in [-0.2, -0.15) is 0 Å². The third kappa shape index (κ3) is 3.93. The highest BCUT2D eigenvalue weighted by atomic mass is 16.5. The number of rotatable bonds is 4. The molecule has 0 fully saturated rings. The SMILES string of the molecule is CNC(=O)Nc1cccc(NC(=O)c2ccc3noc(-c4ccccc4)c3c2)c1. The van der Waals surface area contributed by atoms with Crippen LogP contribution in [0.4, 0.5) is 16.2 Å². The van der Waals surface area contributed by atoms with Crippen molar-refractivity contribution >= 4 is 34.2 Å². The second-order valence-electron chi connectivity index (χ2n) is 6.35. The summed E-state index contributed by atoms with van der Waals surface area (Å²) in [6, 6.07) is 21.4. The van der Waals surface area contributed by atoms with Crippen LogP contribution in [0, 0.1) is 0 Å². The number of fused-ring (bicyclic) bond motifs is 1. The van der Waals surface area contributed by atoms with Gasteiger partial charge in [-0.3, -0.25) is 4.79 Å². The van der Waals surface area contributed by atoms with E-state index in [2.05, 4.69) is 21.1 Å². The third-order valence-electron chi connectivity index (χ3n) is 4.38. The molecule has 3 aromatic carbocycles. The Morgan fingerprint density at radius 1 is 0.862 bits per heavy atom. The predicted molar refractivity (Wildman–Crippen MR) is 112 cm³/mol. The molecule has 144 valence electrons. The number of nitrogens with zero attached hydrogens (tertiary/aromatic N) is 1. The molecule has 0 aliphatic carbocycles. The number of amides is 3. The lowest BCUT2D eigenvalue weighted by atomic mass is 10.1. The minimum absolute atomic E-state index is 0.274. The number of carbonyl (C=O) groups is 2. The summed E-state index contributed by atoms with van der Waals surface area (Å²) in [7, 11) is 1.53. The molecule has 0 saturated heterocycles. The van der Waals surface area contributed by atoms with Crippen molar-refractivity contribution < 1.29 is 14.1 Å². The smallest absolute Gasteiger partial charge is 0.318 e. The van der Waals surface area contributed by atoms with Crippen molar-refractivity contribution in [1.29, 1.82) is 0 Å². The van der Waals surface area contributed by atoms with Crippen LogP contribution in [-0.2, 0) is 0 Å². The molecule has 0 aliphatic rings. The Morgan fingerprint density at radius 3 is 2.38 bits per heavy atom. The largest absolute Gasteiger partial charge is 0.355 e. The zero-order valence-electron chi connectivity index (χ0n) is 15.6. The quantitative estimate of drug-likeness (QED) is 0.481. The molecule has 3 N–H and O–H groups in total. The van der Waals surface area contributed by atoms with E-state index in [1.807, 2.05) is 30.3 Å². The standard InChI is InChI=1S/C22H18N4O3/c1-23-22(28)25-17-9-5-8-16(13-17)24-21(27)15-10-11-19-18(12-15)20(29-26-19)14-6-3-2-4-7-14/h2-13H,1H3,(H,24,27)(H2,23,25,28). The highest BCUT2D eigenvalue weighted by Crippen LogP contribution is 2.29. The molecule has 7 heteroatoms. The molecule has 0 unspecified atom stereocenters. The van der Waals surface area contributed by atoms with E-state index in [4.69, 9.17) is 4.52 Å². The summed E-state index contributed by atoms with van der Waals surface area (Å²) in [6.45, 7) is 0. The minimum Gasteiger partial charge on any atom is -0.355 e. The third-order valence-corrected chi connectivity index (χ3v) is 4.38. The number of anilines is 2. The van der Waals surface area contributed by atoms with Gasteiger partial charge in [0.2, 0.25) is 0 Å². The summed E-state index contributed by atoms with van der Waals surface area (Å²) in [6.07, 6.45) is 0. The van der Waals surface area contributed by atoms with Crippen molar-refractivity contribution in [1.82, 2.24) is 10.5 Å². The zero-order chi connectivity index (χ0) is 20.2. The van der Waals surface area contributed by atoms with Gasteiger partial charge in [0, 0.05) is 29.5 Å². The molecule has 0 spiro atoms. The maximum absolute atomic E-state index is 12.8. The molecule has 1 heterocycles. The zero-order valence-corrected chi connectivity index (χ0v) is 15.6. The Hall–Kier alpha value is -4.13. The second kappa shape index (κ2) is 7.85. The van der Waals surface area contributed by atoms with Crippen molar-refractivity contribution in [3.05, 3.63) is 78.4 Å². The summed E-state index contributed by atoms with van der Waals surface area (Å²) in [5.74, 6) is 0.344. The maximum atomic E-state index is 12.8. The average molecular weight is 386 g/mol. The highest BCUT2D eigenvalue weighted by molar-refractivity contribution is 6.07. The molecule has 0 aliphatic heterocycles. The molecule has 0 radical (unpaired) electrons. The summed E-state index contributed by atoms with van der Waals surface area (Å²) >= 11 is 0. The molecule has 3 amide bonds. The average Bonchev–Trinajstić information content (AvgIpc) is 3.17. The van der Waals surface area contributed by atoms with Gasteiger partial charge in [0.25, 0.3) is 5.91 Å². The van der Waals surface area contributed by atoms with Crippen molar-refractivity contribution in [2.24, 2.45) is 0 Å². The number of hydrogen-bond donors (Lipinski definition) is 3. The van der Waals surface area contributed by atoms with Crippen LogP contribution in [0.1, 0.15) is 10.4 Å². The van der Waals surface area contributed by atoms with Gasteiger partial charge >= 0.3 is 6.03 Å². The van der Waals surface area contributed by atoms with E-state index in [-0.39, 0.29) is 11.9 Å². The molecular weight excluding hydrogens is 368 g/mol. The summed E-state index contributed by atoms with van der Waals surface area (Å²) in [5, 5.41) is 12.8. The first kappa shape index (κ1) is 18.2. The van der Waals surface area contributed by atoms with Crippen molar-refractivity contribution in [2.45, 2.75) is 0 Å². The van der Waals surface area contributed by atoms with Gasteiger partial charge in [-0.05, 0) is 36.4 Å². The molecule has 29 heavy (non-hydrogen) atoms. The van der Waals surface area contributed by atoms with Crippen LogP contribution in [0.5, 0.6) is 0 Å². The Morgan fingerprint density at radius 2 is 1.62 bits per heavy atom. The summed E-state index contributed by atoms with van der Waals surface area (Å²) < 4.78 is 5.49. The number of benzene rings is 3. The molecule has 4 rings (SSSR count). The predicted octanol–water partition coefficient (Wildman–Crippen LogP) is 4.50. The minimum atomic E-state index is -0.333. The van der Waals surface area contributed by atoms with E-state index < -0.39 is 0 Å². The Bertz CT molecular complexity index is 1190. The Balaban J connectivity index is 1.59. The fourth-order valence-electron chi connectivity index (χ4n) is 2.95. The molecule has 4 aromatic rings. The van der Waals surface area contributed by atoms with Crippen LogP contribution in [0.3, 0.4) is 0 Å². The van der Waals surface area contributed by atoms with Crippen LogP contribution in [0.25, 0.3) is 22.2 Å². The fourth-order valence-corrected chi connectivity index (χ4v) is 2.95. The van der Waals surface area contributed by atoms with E-state index in [1.54, 1.807) is 42.5 Å². The van der Waals surface area contributed by atoms with E-state index in [9.17, 15) is 9.59 Å². The second-order valence-corrected chi connectivity index (χ2v) is 6.35. The van der Waals surface area contributed by atoms with Crippen molar-refractivity contribution in [3.8, 4) is 11.3 Å². The summed E-state index contributed by atoms with van der Waals surface area (Å²) in [4.78, 5) is 24.2. The topological polar surface area (TPSA) is 96.3 Å². The van der Waals surface area contributed by atoms with E-state index >= 15 is 0 Å². The lowest BCUT2D eigenvalue weighted by molar-refractivity contribution is 0.102. The molecule has 0 atom stereocenters. The van der Waals surface area contributed by atoms with Gasteiger partial charge in [0.1, 0.15) is 5.52 Å². The van der Waals surface area contributed by atoms with Gasteiger partial charge in [-0.15, -0.1) is 0 Å². The normalized spacial score (nSPS) is 10.5.